The fourth-order valence-electron chi connectivity index (χ4n) is 1.39. The molecule has 5 heteroatoms. The lowest BCUT2D eigenvalue weighted by molar-refractivity contribution is 0.536. The Bertz CT molecular complexity index is 419. The van der Waals surface area contributed by atoms with E-state index in [1.54, 1.807) is 10.8 Å². The van der Waals surface area contributed by atoms with Gasteiger partial charge < -0.3 is 10.3 Å². The van der Waals surface area contributed by atoms with Gasteiger partial charge >= 0.3 is 5.69 Å². The second kappa shape index (κ2) is 5.50. The van der Waals surface area contributed by atoms with Gasteiger partial charge in [0.2, 0.25) is 0 Å². The summed E-state index contributed by atoms with van der Waals surface area (Å²) in [6, 6.07) is 1.41. The minimum atomic E-state index is -0.279. The van der Waals surface area contributed by atoms with Crippen molar-refractivity contribution in [3.8, 4) is 0 Å². The average molecular weight is 211 g/mol. The summed E-state index contributed by atoms with van der Waals surface area (Å²) < 4.78 is 2.73. The van der Waals surface area contributed by atoms with E-state index in [1.807, 2.05) is 0 Å². The molecule has 1 aromatic heterocycles. The molecule has 1 aromatic rings. The Hall–Kier alpha value is -1.36. The van der Waals surface area contributed by atoms with Crippen LogP contribution in [-0.2, 0) is 13.1 Å². The van der Waals surface area contributed by atoms with E-state index >= 15 is 0 Å². The van der Waals surface area contributed by atoms with E-state index in [1.165, 1.54) is 10.6 Å². The Morgan fingerprint density at radius 1 is 1.33 bits per heavy atom. The molecule has 0 radical (unpaired) electrons. The van der Waals surface area contributed by atoms with E-state index in [2.05, 4.69) is 6.92 Å². The Kier molecular flexibility index (Phi) is 4.30. The van der Waals surface area contributed by atoms with E-state index in [4.69, 9.17) is 5.73 Å². The van der Waals surface area contributed by atoms with Crippen molar-refractivity contribution in [1.29, 1.82) is 0 Å². The van der Waals surface area contributed by atoms with E-state index in [9.17, 15) is 9.59 Å². The molecule has 5 nitrogen and oxygen atoms in total. The smallest absolute Gasteiger partial charge is 0.329 e. The van der Waals surface area contributed by atoms with Crippen LogP contribution in [0.3, 0.4) is 0 Å². The Morgan fingerprint density at radius 2 is 2.07 bits per heavy atom. The zero-order chi connectivity index (χ0) is 11.3. The van der Waals surface area contributed by atoms with Gasteiger partial charge in [0.15, 0.2) is 0 Å². The summed E-state index contributed by atoms with van der Waals surface area (Å²) in [5.41, 5.74) is 4.80. The maximum Gasteiger partial charge on any atom is 0.331 e. The summed E-state index contributed by atoms with van der Waals surface area (Å²) in [7, 11) is 0. The van der Waals surface area contributed by atoms with Crippen LogP contribution < -0.4 is 17.0 Å². The van der Waals surface area contributed by atoms with Crippen LogP contribution in [0.4, 0.5) is 0 Å². The quantitative estimate of drug-likeness (QED) is 0.731. The van der Waals surface area contributed by atoms with Crippen LogP contribution in [0.25, 0.3) is 0 Å². The van der Waals surface area contributed by atoms with Crippen molar-refractivity contribution < 1.29 is 0 Å². The van der Waals surface area contributed by atoms with Gasteiger partial charge in [-0.05, 0) is 6.42 Å². The molecule has 0 spiro atoms. The van der Waals surface area contributed by atoms with E-state index in [-0.39, 0.29) is 17.8 Å². The van der Waals surface area contributed by atoms with Crippen LogP contribution >= 0.6 is 0 Å². The summed E-state index contributed by atoms with van der Waals surface area (Å²) in [4.78, 5) is 23.1. The van der Waals surface area contributed by atoms with Crippen LogP contribution in [0.5, 0.6) is 0 Å². The first kappa shape index (κ1) is 11.7. The number of nitrogens with two attached hydrogens (primary N) is 1. The number of nitrogens with zero attached hydrogens (tertiary/aromatic N) is 2. The molecule has 0 amide bonds. The molecule has 0 aliphatic carbocycles. The monoisotopic (exact) mass is 211 g/mol. The molecule has 0 aromatic carbocycles. The third-order valence-corrected chi connectivity index (χ3v) is 2.24. The molecular weight excluding hydrogens is 194 g/mol. The van der Waals surface area contributed by atoms with Gasteiger partial charge in [-0.15, -0.1) is 0 Å². The highest BCUT2D eigenvalue weighted by molar-refractivity contribution is 4.86. The molecule has 0 saturated heterocycles. The van der Waals surface area contributed by atoms with Crippen LogP contribution in [0.2, 0.25) is 0 Å². The van der Waals surface area contributed by atoms with Gasteiger partial charge in [-0.25, -0.2) is 4.79 Å². The van der Waals surface area contributed by atoms with Crippen molar-refractivity contribution in [3.05, 3.63) is 33.1 Å². The fourth-order valence-corrected chi connectivity index (χ4v) is 1.39. The molecule has 84 valence electrons. The normalized spacial score (nSPS) is 10.5. The molecule has 0 fully saturated rings. The summed E-state index contributed by atoms with van der Waals surface area (Å²) in [5, 5.41) is 0. The van der Waals surface area contributed by atoms with Crippen molar-refractivity contribution in [2.75, 3.05) is 6.54 Å². The molecular formula is C10H17N3O2. The molecule has 0 atom stereocenters. The predicted octanol–water partition coefficient (Wildman–Crippen LogP) is -0.231. The van der Waals surface area contributed by atoms with Gasteiger partial charge in [0.25, 0.3) is 5.56 Å². The van der Waals surface area contributed by atoms with Crippen LogP contribution in [-0.4, -0.2) is 15.7 Å². The van der Waals surface area contributed by atoms with E-state index < -0.39 is 0 Å². The zero-order valence-electron chi connectivity index (χ0n) is 8.98. The summed E-state index contributed by atoms with van der Waals surface area (Å²) in [6.45, 7) is 3.29. The van der Waals surface area contributed by atoms with Crippen molar-refractivity contribution in [3.63, 3.8) is 0 Å². The van der Waals surface area contributed by atoms with Gasteiger partial charge in [0.1, 0.15) is 0 Å². The second-order valence-corrected chi connectivity index (χ2v) is 3.42. The third kappa shape index (κ3) is 2.79. The van der Waals surface area contributed by atoms with Crippen LogP contribution in [0.1, 0.15) is 19.8 Å². The summed E-state index contributed by atoms with van der Waals surface area (Å²) in [6.07, 6.45) is 3.50. The van der Waals surface area contributed by atoms with Crippen LogP contribution in [0, 0.1) is 0 Å². The van der Waals surface area contributed by atoms with Gasteiger partial charge in [0.05, 0.1) is 0 Å². The lowest BCUT2D eigenvalue weighted by atomic mass is 10.3. The molecule has 0 saturated carbocycles. The average Bonchev–Trinajstić information content (AvgIpc) is 2.23. The molecule has 2 N–H and O–H groups in total. The van der Waals surface area contributed by atoms with Crippen LogP contribution in [0.15, 0.2) is 21.9 Å². The standard InChI is InChI=1S/C10H17N3O2/c1-2-3-6-12-7-4-9(14)13(8-5-11)10(12)15/h4,7H,2-3,5-6,8,11H2,1H3. The first-order valence-electron chi connectivity index (χ1n) is 5.21. The van der Waals surface area contributed by atoms with Crippen molar-refractivity contribution in [2.45, 2.75) is 32.9 Å². The van der Waals surface area contributed by atoms with Crippen molar-refractivity contribution in [2.24, 2.45) is 5.73 Å². The minimum absolute atomic E-state index is 0.263. The van der Waals surface area contributed by atoms with Gasteiger partial charge in [-0.2, -0.15) is 0 Å². The lowest BCUT2D eigenvalue weighted by Gasteiger charge is -2.07. The first-order chi connectivity index (χ1) is 7.20. The maximum absolute atomic E-state index is 11.8. The molecule has 1 heterocycles. The molecule has 0 unspecified atom stereocenters. The number of hydrogen-bond donors (Lipinski definition) is 1. The largest absolute Gasteiger partial charge is 0.331 e. The zero-order valence-corrected chi connectivity index (χ0v) is 8.98. The summed E-state index contributed by atoms with van der Waals surface area (Å²) in [5.74, 6) is 0. The Labute approximate surface area is 88.1 Å². The van der Waals surface area contributed by atoms with Gasteiger partial charge in [-0.3, -0.25) is 9.36 Å². The minimum Gasteiger partial charge on any atom is -0.329 e. The summed E-state index contributed by atoms with van der Waals surface area (Å²) >= 11 is 0. The predicted molar refractivity (Wildman–Crippen MR) is 58.9 cm³/mol. The fraction of sp³-hybridized carbons (Fsp3) is 0.600. The topological polar surface area (TPSA) is 70.0 Å². The first-order valence-corrected chi connectivity index (χ1v) is 5.21. The number of rotatable bonds is 5. The number of unbranched alkanes of at least 4 members (excludes halogenated alkanes) is 1. The molecule has 15 heavy (non-hydrogen) atoms. The highest BCUT2D eigenvalue weighted by atomic mass is 16.2. The van der Waals surface area contributed by atoms with Gasteiger partial charge in [0, 0.05) is 31.9 Å². The number of aryl methyl sites for hydroxylation is 1. The lowest BCUT2D eigenvalue weighted by Crippen LogP contribution is -2.40. The molecule has 0 aliphatic heterocycles. The molecule has 0 aliphatic rings. The third-order valence-electron chi connectivity index (χ3n) is 2.24. The van der Waals surface area contributed by atoms with E-state index in [0.29, 0.717) is 13.1 Å². The maximum atomic E-state index is 11.8. The number of hydrogen-bond acceptors (Lipinski definition) is 3. The van der Waals surface area contributed by atoms with Gasteiger partial charge in [-0.1, -0.05) is 13.3 Å². The van der Waals surface area contributed by atoms with Crippen molar-refractivity contribution >= 4 is 0 Å². The Morgan fingerprint density at radius 3 is 2.67 bits per heavy atom. The van der Waals surface area contributed by atoms with E-state index in [0.717, 1.165) is 12.8 Å². The highest BCUT2D eigenvalue weighted by Crippen LogP contribution is 1.89. The second-order valence-electron chi connectivity index (χ2n) is 3.42. The van der Waals surface area contributed by atoms with Crippen molar-refractivity contribution in [1.82, 2.24) is 9.13 Å². The molecule has 0 bridgehead atoms. The Balaban J connectivity index is 3.05. The SMILES string of the molecule is CCCCn1ccc(=O)n(CCN)c1=O. The number of aromatic nitrogens is 2. The molecule has 1 rings (SSSR count). The highest BCUT2D eigenvalue weighted by Gasteiger charge is 2.03.